The molecule has 0 bridgehead atoms. The Morgan fingerprint density at radius 1 is 1.62 bits per heavy atom. The number of carbonyl (C=O) groups is 1. The molecular weight excluding hydrogens is 202 g/mol. The number of aromatic nitrogens is 2. The van der Waals surface area contributed by atoms with E-state index in [1.807, 2.05) is 6.07 Å². The number of carbonyl (C=O) groups excluding carboxylic acids is 1. The first-order chi connectivity index (χ1) is 7.65. The molecule has 16 heavy (non-hydrogen) atoms. The Hall–Kier alpha value is -1.29. The molecule has 4 nitrogen and oxygen atoms in total. The SMILES string of the molecule is CC(=O)Cc1nccc(C2CCN(C)C2)n1. The second-order valence-corrected chi connectivity index (χ2v) is 4.52. The van der Waals surface area contributed by atoms with Gasteiger partial charge in [0.05, 0.1) is 6.42 Å². The van der Waals surface area contributed by atoms with Crippen LogP contribution in [0.4, 0.5) is 0 Å². The van der Waals surface area contributed by atoms with Gasteiger partial charge in [-0.3, -0.25) is 4.79 Å². The first-order valence-corrected chi connectivity index (χ1v) is 5.65. The van der Waals surface area contributed by atoms with E-state index in [1.165, 1.54) is 0 Å². The van der Waals surface area contributed by atoms with Crippen LogP contribution in [0.25, 0.3) is 0 Å². The summed E-state index contributed by atoms with van der Waals surface area (Å²) in [6, 6.07) is 1.97. The van der Waals surface area contributed by atoms with Crippen LogP contribution in [0.15, 0.2) is 12.3 Å². The van der Waals surface area contributed by atoms with Crippen LogP contribution in [0.3, 0.4) is 0 Å². The largest absolute Gasteiger partial charge is 0.306 e. The summed E-state index contributed by atoms with van der Waals surface area (Å²) in [5, 5.41) is 0. The Balaban J connectivity index is 2.12. The third kappa shape index (κ3) is 2.64. The van der Waals surface area contributed by atoms with E-state index in [-0.39, 0.29) is 5.78 Å². The van der Waals surface area contributed by atoms with Gasteiger partial charge in [0.2, 0.25) is 0 Å². The van der Waals surface area contributed by atoms with Gasteiger partial charge in [0.25, 0.3) is 0 Å². The summed E-state index contributed by atoms with van der Waals surface area (Å²) in [6.07, 6.45) is 3.25. The molecule has 0 amide bonds. The summed E-state index contributed by atoms with van der Waals surface area (Å²) < 4.78 is 0. The van der Waals surface area contributed by atoms with E-state index in [2.05, 4.69) is 21.9 Å². The third-order valence-electron chi connectivity index (χ3n) is 2.94. The minimum atomic E-state index is 0.112. The van der Waals surface area contributed by atoms with Crippen LogP contribution >= 0.6 is 0 Å². The Morgan fingerprint density at radius 3 is 3.06 bits per heavy atom. The fourth-order valence-corrected chi connectivity index (χ4v) is 2.13. The maximum absolute atomic E-state index is 11.0. The number of nitrogens with zero attached hydrogens (tertiary/aromatic N) is 3. The minimum Gasteiger partial charge on any atom is -0.306 e. The maximum Gasteiger partial charge on any atom is 0.137 e. The average molecular weight is 219 g/mol. The molecule has 1 fully saturated rings. The number of Topliss-reactive ketones (excluding diaryl/α,β-unsaturated/α-hetero) is 1. The van der Waals surface area contributed by atoms with Gasteiger partial charge in [0, 0.05) is 24.4 Å². The molecule has 0 aliphatic carbocycles. The van der Waals surface area contributed by atoms with Crippen LogP contribution in [0, 0.1) is 0 Å². The zero-order valence-corrected chi connectivity index (χ0v) is 9.81. The van der Waals surface area contributed by atoms with Crippen LogP contribution < -0.4 is 0 Å². The predicted octanol–water partition coefficient (Wildman–Crippen LogP) is 1.03. The lowest BCUT2D eigenvalue weighted by Crippen LogP contribution is -2.14. The molecule has 2 rings (SSSR count). The lowest BCUT2D eigenvalue weighted by molar-refractivity contribution is -0.116. The van der Waals surface area contributed by atoms with Gasteiger partial charge in [-0.25, -0.2) is 9.97 Å². The van der Waals surface area contributed by atoms with Gasteiger partial charge in [-0.15, -0.1) is 0 Å². The molecule has 1 aromatic heterocycles. The highest BCUT2D eigenvalue weighted by molar-refractivity contribution is 5.77. The molecule has 1 aliphatic heterocycles. The van der Waals surface area contributed by atoms with Crippen molar-refractivity contribution in [1.29, 1.82) is 0 Å². The van der Waals surface area contributed by atoms with Crippen molar-refractivity contribution in [2.75, 3.05) is 20.1 Å². The van der Waals surface area contributed by atoms with Crippen molar-refractivity contribution in [3.05, 3.63) is 23.8 Å². The van der Waals surface area contributed by atoms with Crippen LogP contribution in [-0.4, -0.2) is 40.8 Å². The van der Waals surface area contributed by atoms with Crippen molar-refractivity contribution >= 4 is 5.78 Å². The van der Waals surface area contributed by atoms with E-state index in [9.17, 15) is 4.79 Å². The molecule has 0 spiro atoms. The monoisotopic (exact) mass is 219 g/mol. The fourth-order valence-electron chi connectivity index (χ4n) is 2.13. The van der Waals surface area contributed by atoms with Crippen molar-refractivity contribution in [2.45, 2.75) is 25.7 Å². The predicted molar refractivity (Wildman–Crippen MR) is 61.3 cm³/mol. The molecule has 86 valence electrons. The Kier molecular flexibility index (Phi) is 3.29. The standard InChI is InChI=1S/C12H17N3O/c1-9(16)7-12-13-5-3-11(14-12)10-4-6-15(2)8-10/h3,5,10H,4,6-8H2,1-2H3. The minimum absolute atomic E-state index is 0.112. The van der Waals surface area contributed by atoms with Crippen molar-refractivity contribution in [3.8, 4) is 0 Å². The molecule has 4 heteroatoms. The Bertz CT molecular complexity index is 392. The maximum atomic E-state index is 11.0. The van der Waals surface area contributed by atoms with Crippen molar-refractivity contribution in [3.63, 3.8) is 0 Å². The summed E-state index contributed by atoms with van der Waals surface area (Å²) in [7, 11) is 2.12. The summed E-state index contributed by atoms with van der Waals surface area (Å²) in [6.45, 7) is 3.74. The molecule has 1 saturated heterocycles. The van der Waals surface area contributed by atoms with Crippen LogP contribution in [0.2, 0.25) is 0 Å². The quantitative estimate of drug-likeness (QED) is 0.761. The number of ketones is 1. The van der Waals surface area contributed by atoms with Crippen molar-refractivity contribution in [1.82, 2.24) is 14.9 Å². The van der Waals surface area contributed by atoms with Gasteiger partial charge in [0.15, 0.2) is 0 Å². The van der Waals surface area contributed by atoms with Gasteiger partial charge in [0.1, 0.15) is 11.6 Å². The normalized spacial score (nSPS) is 21.2. The molecule has 0 aromatic carbocycles. The molecule has 1 unspecified atom stereocenters. The number of rotatable bonds is 3. The zero-order chi connectivity index (χ0) is 11.5. The molecule has 1 aliphatic rings. The van der Waals surface area contributed by atoms with Gasteiger partial charge in [-0.05, 0) is 33.0 Å². The van der Waals surface area contributed by atoms with Crippen molar-refractivity contribution < 1.29 is 4.79 Å². The highest BCUT2D eigenvalue weighted by Crippen LogP contribution is 2.24. The average Bonchev–Trinajstić information content (AvgIpc) is 2.64. The number of hydrogen-bond acceptors (Lipinski definition) is 4. The molecular formula is C12H17N3O. The molecule has 2 heterocycles. The van der Waals surface area contributed by atoms with Crippen LogP contribution in [0.5, 0.6) is 0 Å². The fraction of sp³-hybridized carbons (Fsp3) is 0.583. The lowest BCUT2D eigenvalue weighted by Gasteiger charge is -2.10. The van der Waals surface area contributed by atoms with Crippen LogP contribution in [-0.2, 0) is 11.2 Å². The summed E-state index contributed by atoms with van der Waals surface area (Å²) in [4.78, 5) is 21.9. The third-order valence-corrected chi connectivity index (χ3v) is 2.94. The van der Waals surface area contributed by atoms with Crippen molar-refractivity contribution in [2.24, 2.45) is 0 Å². The van der Waals surface area contributed by atoms with E-state index < -0.39 is 0 Å². The molecule has 0 saturated carbocycles. The van der Waals surface area contributed by atoms with E-state index in [1.54, 1.807) is 13.1 Å². The first kappa shape index (κ1) is 11.2. The van der Waals surface area contributed by atoms with Crippen LogP contribution in [0.1, 0.15) is 30.8 Å². The van der Waals surface area contributed by atoms with E-state index in [0.717, 1.165) is 25.2 Å². The van der Waals surface area contributed by atoms with Gasteiger partial charge in [-0.1, -0.05) is 0 Å². The molecule has 0 N–H and O–H groups in total. The highest BCUT2D eigenvalue weighted by Gasteiger charge is 2.22. The Labute approximate surface area is 95.7 Å². The smallest absolute Gasteiger partial charge is 0.137 e. The molecule has 1 aromatic rings. The summed E-state index contributed by atoms with van der Waals surface area (Å²) in [5.74, 6) is 1.26. The zero-order valence-electron chi connectivity index (χ0n) is 9.81. The summed E-state index contributed by atoms with van der Waals surface area (Å²) >= 11 is 0. The second kappa shape index (κ2) is 4.70. The van der Waals surface area contributed by atoms with E-state index in [4.69, 9.17) is 0 Å². The van der Waals surface area contributed by atoms with Gasteiger partial charge >= 0.3 is 0 Å². The second-order valence-electron chi connectivity index (χ2n) is 4.52. The number of likely N-dealkylation sites (tertiary alicyclic amines) is 1. The number of likely N-dealkylation sites (N-methyl/N-ethyl adjacent to an activating group) is 1. The Morgan fingerprint density at radius 2 is 2.44 bits per heavy atom. The van der Waals surface area contributed by atoms with Gasteiger partial charge in [-0.2, -0.15) is 0 Å². The van der Waals surface area contributed by atoms with E-state index in [0.29, 0.717) is 18.2 Å². The van der Waals surface area contributed by atoms with Gasteiger partial charge < -0.3 is 4.90 Å². The summed E-state index contributed by atoms with van der Waals surface area (Å²) in [5.41, 5.74) is 1.08. The molecule has 0 radical (unpaired) electrons. The van der Waals surface area contributed by atoms with E-state index >= 15 is 0 Å². The first-order valence-electron chi connectivity index (χ1n) is 5.65. The highest BCUT2D eigenvalue weighted by atomic mass is 16.1. The number of hydrogen-bond donors (Lipinski definition) is 0. The topological polar surface area (TPSA) is 46.1 Å². The lowest BCUT2D eigenvalue weighted by atomic mass is 10.0. The molecule has 1 atom stereocenters.